The fourth-order valence-electron chi connectivity index (χ4n) is 1.54. The predicted molar refractivity (Wildman–Crippen MR) is 72.3 cm³/mol. The zero-order valence-corrected chi connectivity index (χ0v) is 11.8. The van der Waals surface area contributed by atoms with E-state index in [9.17, 15) is 9.59 Å². The molecule has 0 aromatic carbocycles. The van der Waals surface area contributed by atoms with Crippen LogP contribution in [0.2, 0.25) is 0 Å². The monoisotopic (exact) mass is 316 g/mol. The van der Waals surface area contributed by atoms with Crippen LogP contribution in [0.25, 0.3) is 0 Å². The van der Waals surface area contributed by atoms with Crippen LogP contribution in [0.4, 0.5) is 4.79 Å². The van der Waals surface area contributed by atoms with Gasteiger partial charge in [0, 0.05) is 30.3 Å². The smallest absolute Gasteiger partial charge is 0.312 e. The number of aryl methyl sites for hydroxylation is 1. The number of aromatic nitrogens is 1. The third-order valence-electron chi connectivity index (χ3n) is 2.27. The number of hydrogen-bond acceptors (Lipinski definition) is 2. The van der Waals surface area contributed by atoms with Gasteiger partial charge in [-0.25, -0.2) is 4.79 Å². The second-order valence-corrected chi connectivity index (χ2v) is 4.70. The summed E-state index contributed by atoms with van der Waals surface area (Å²) in [6.07, 6.45) is 2.82. The number of amides is 3. The number of nitrogens with one attached hydrogen (secondary N) is 2. The molecule has 0 spiro atoms. The minimum atomic E-state index is -0.596. The summed E-state index contributed by atoms with van der Waals surface area (Å²) in [6, 6.07) is 1.17. The first-order valence-corrected chi connectivity index (χ1v) is 6.51. The van der Waals surface area contributed by atoms with Crippen molar-refractivity contribution in [3.8, 4) is 0 Å². The molecule has 3 amide bonds. The molecular weight excluding hydrogens is 300 g/mol. The fraction of sp³-hybridized carbons (Fsp3) is 0.455. The molecule has 1 aromatic heterocycles. The topological polar surface area (TPSA) is 89.2 Å². The zero-order chi connectivity index (χ0) is 13.5. The van der Waals surface area contributed by atoms with Crippen molar-refractivity contribution >= 4 is 27.9 Å². The Morgan fingerprint density at radius 1 is 1.39 bits per heavy atom. The lowest BCUT2D eigenvalue weighted by atomic mass is 10.3. The summed E-state index contributed by atoms with van der Waals surface area (Å²) >= 11 is 3.35. The average molecular weight is 317 g/mol. The van der Waals surface area contributed by atoms with Crippen molar-refractivity contribution in [2.24, 2.45) is 5.73 Å². The highest BCUT2D eigenvalue weighted by molar-refractivity contribution is 9.10. The molecule has 0 unspecified atom stereocenters. The first-order chi connectivity index (χ1) is 8.54. The van der Waals surface area contributed by atoms with Crippen molar-refractivity contribution in [3.63, 3.8) is 0 Å². The Morgan fingerprint density at radius 3 is 2.67 bits per heavy atom. The molecule has 100 valence electrons. The highest BCUT2D eigenvalue weighted by Gasteiger charge is 2.11. The van der Waals surface area contributed by atoms with Crippen molar-refractivity contribution in [1.29, 1.82) is 0 Å². The SMILES string of the molecule is CCCn1cc(Br)cc1C(=O)NCCNC(N)=O. The average Bonchev–Trinajstić information content (AvgIpc) is 2.66. The third kappa shape index (κ3) is 4.40. The molecule has 7 heteroatoms. The van der Waals surface area contributed by atoms with Gasteiger partial charge in [-0.1, -0.05) is 6.92 Å². The van der Waals surface area contributed by atoms with Crippen LogP contribution in [0.3, 0.4) is 0 Å². The van der Waals surface area contributed by atoms with E-state index in [1.807, 2.05) is 17.7 Å². The van der Waals surface area contributed by atoms with Crippen LogP contribution in [0.5, 0.6) is 0 Å². The van der Waals surface area contributed by atoms with E-state index in [1.165, 1.54) is 0 Å². The van der Waals surface area contributed by atoms with E-state index in [1.54, 1.807) is 6.07 Å². The lowest BCUT2D eigenvalue weighted by Crippen LogP contribution is -2.37. The maximum Gasteiger partial charge on any atom is 0.312 e. The molecule has 6 nitrogen and oxygen atoms in total. The number of nitrogens with two attached hydrogens (primary N) is 1. The molecule has 1 heterocycles. The van der Waals surface area contributed by atoms with Crippen LogP contribution in [-0.4, -0.2) is 29.6 Å². The summed E-state index contributed by atoms with van der Waals surface area (Å²) in [5, 5.41) is 5.12. The second-order valence-electron chi connectivity index (χ2n) is 3.78. The van der Waals surface area contributed by atoms with Gasteiger partial charge >= 0.3 is 6.03 Å². The number of hydrogen-bond donors (Lipinski definition) is 3. The van der Waals surface area contributed by atoms with E-state index in [0.29, 0.717) is 18.8 Å². The molecule has 0 bridgehead atoms. The van der Waals surface area contributed by atoms with Crippen LogP contribution < -0.4 is 16.4 Å². The van der Waals surface area contributed by atoms with Crippen molar-refractivity contribution in [3.05, 3.63) is 22.4 Å². The molecule has 0 aliphatic heterocycles. The molecule has 0 fully saturated rings. The number of carbonyl (C=O) groups is 2. The Hall–Kier alpha value is -1.50. The Balaban J connectivity index is 2.52. The van der Waals surface area contributed by atoms with Gasteiger partial charge < -0.3 is 20.9 Å². The first kappa shape index (κ1) is 14.6. The number of urea groups is 1. The van der Waals surface area contributed by atoms with E-state index < -0.39 is 6.03 Å². The highest BCUT2D eigenvalue weighted by Crippen LogP contribution is 2.15. The summed E-state index contributed by atoms with van der Waals surface area (Å²) in [5.74, 6) is -0.166. The van der Waals surface area contributed by atoms with Crippen LogP contribution in [-0.2, 0) is 6.54 Å². The largest absolute Gasteiger partial charge is 0.352 e. The minimum Gasteiger partial charge on any atom is -0.352 e. The lowest BCUT2D eigenvalue weighted by Gasteiger charge is -2.08. The Kier molecular flexibility index (Phi) is 5.70. The van der Waals surface area contributed by atoms with Gasteiger partial charge in [-0.15, -0.1) is 0 Å². The number of nitrogens with zero attached hydrogens (tertiary/aromatic N) is 1. The van der Waals surface area contributed by atoms with Crippen LogP contribution in [0.1, 0.15) is 23.8 Å². The molecular formula is C11H17BrN4O2. The molecule has 0 aliphatic carbocycles. The summed E-state index contributed by atoms with van der Waals surface area (Å²) in [6.45, 7) is 3.49. The zero-order valence-electron chi connectivity index (χ0n) is 10.2. The summed E-state index contributed by atoms with van der Waals surface area (Å²) in [7, 11) is 0. The van der Waals surface area contributed by atoms with Gasteiger partial charge in [-0.3, -0.25) is 4.79 Å². The molecule has 4 N–H and O–H groups in total. The van der Waals surface area contributed by atoms with E-state index in [2.05, 4.69) is 26.6 Å². The summed E-state index contributed by atoms with van der Waals surface area (Å²) in [5.41, 5.74) is 5.51. The Labute approximate surface area is 114 Å². The van der Waals surface area contributed by atoms with Crippen molar-refractivity contribution in [2.45, 2.75) is 19.9 Å². The van der Waals surface area contributed by atoms with Gasteiger partial charge in [0.2, 0.25) is 0 Å². The lowest BCUT2D eigenvalue weighted by molar-refractivity contribution is 0.0944. The predicted octanol–water partition coefficient (Wildman–Crippen LogP) is 1.06. The van der Waals surface area contributed by atoms with Crippen molar-refractivity contribution < 1.29 is 9.59 Å². The van der Waals surface area contributed by atoms with Crippen LogP contribution >= 0.6 is 15.9 Å². The van der Waals surface area contributed by atoms with Crippen LogP contribution in [0, 0.1) is 0 Å². The molecule has 0 atom stereocenters. The van der Waals surface area contributed by atoms with E-state index in [0.717, 1.165) is 17.4 Å². The summed E-state index contributed by atoms with van der Waals surface area (Å²) in [4.78, 5) is 22.3. The van der Waals surface area contributed by atoms with Crippen LogP contribution in [0.15, 0.2) is 16.7 Å². The first-order valence-electron chi connectivity index (χ1n) is 5.71. The number of halogens is 1. The molecule has 0 aliphatic rings. The van der Waals surface area contributed by atoms with E-state index in [4.69, 9.17) is 5.73 Å². The van der Waals surface area contributed by atoms with Gasteiger partial charge in [-0.05, 0) is 28.4 Å². The fourth-order valence-corrected chi connectivity index (χ4v) is 2.01. The van der Waals surface area contributed by atoms with Gasteiger partial charge in [0.15, 0.2) is 0 Å². The highest BCUT2D eigenvalue weighted by atomic mass is 79.9. The maximum absolute atomic E-state index is 11.9. The molecule has 0 saturated heterocycles. The molecule has 0 saturated carbocycles. The number of primary amides is 1. The van der Waals surface area contributed by atoms with Crippen molar-refractivity contribution in [1.82, 2.24) is 15.2 Å². The van der Waals surface area contributed by atoms with Gasteiger partial charge in [0.05, 0.1) is 0 Å². The second kappa shape index (κ2) is 7.05. The van der Waals surface area contributed by atoms with Gasteiger partial charge in [0.1, 0.15) is 5.69 Å². The number of carbonyl (C=O) groups excluding carboxylic acids is 2. The van der Waals surface area contributed by atoms with Crippen molar-refractivity contribution in [2.75, 3.05) is 13.1 Å². The van der Waals surface area contributed by atoms with E-state index in [-0.39, 0.29) is 5.91 Å². The maximum atomic E-state index is 11.9. The molecule has 1 aromatic rings. The molecule has 0 radical (unpaired) electrons. The minimum absolute atomic E-state index is 0.166. The normalized spacial score (nSPS) is 10.1. The van der Waals surface area contributed by atoms with Gasteiger partial charge in [-0.2, -0.15) is 0 Å². The Morgan fingerprint density at radius 2 is 2.06 bits per heavy atom. The standard InChI is InChI=1S/C11H17BrN4O2/c1-2-5-16-7-8(12)6-9(16)10(17)14-3-4-15-11(13)18/h6-7H,2-5H2,1H3,(H,14,17)(H3,13,15,18). The third-order valence-corrected chi connectivity index (χ3v) is 2.70. The van der Waals surface area contributed by atoms with E-state index >= 15 is 0 Å². The molecule has 18 heavy (non-hydrogen) atoms. The molecule has 1 rings (SSSR count). The quantitative estimate of drug-likeness (QED) is 0.685. The van der Waals surface area contributed by atoms with Gasteiger partial charge in [0.25, 0.3) is 5.91 Å². The number of rotatable bonds is 6. The summed E-state index contributed by atoms with van der Waals surface area (Å²) < 4.78 is 2.76. The Bertz CT molecular complexity index is 431.